The van der Waals surface area contributed by atoms with Gasteiger partial charge in [-0.1, -0.05) is 0 Å². The molecule has 2 heterocycles. The topological polar surface area (TPSA) is 29.0 Å². The van der Waals surface area contributed by atoms with E-state index < -0.39 is 0 Å². The van der Waals surface area contributed by atoms with Crippen LogP contribution in [-0.4, -0.2) is 29.7 Å². The molecule has 1 aromatic carbocycles. The minimum absolute atomic E-state index is 0.0589. The van der Waals surface area contributed by atoms with Crippen molar-refractivity contribution < 1.29 is 8.78 Å². The highest BCUT2D eigenvalue weighted by molar-refractivity contribution is 5.89. The maximum atomic E-state index is 13.3. The van der Waals surface area contributed by atoms with Gasteiger partial charge in [0.2, 0.25) is 0 Å². The number of halogens is 2. The van der Waals surface area contributed by atoms with Crippen LogP contribution in [0.1, 0.15) is 6.42 Å². The molecule has 1 unspecified atom stereocenters. The summed E-state index contributed by atoms with van der Waals surface area (Å²) < 4.78 is 26.0. The molecule has 0 amide bonds. The number of aromatic nitrogens is 2. The largest absolute Gasteiger partial charge is 0.356 e. The van der Waals surface area contributed by atoms with Gasteiger partial charge in [0, 0.05) is 24.4 Å². The zero-order chi connectivity index (χ0) is 12.5. The second-order valence-corrected chi connectivity index (χ2v) is 4.61. The van der Waals surface area contributed by atoms with E-state index >= 15 is 0 Å². The Morgan fingerprint density at radius 1 is 1.33 bits per heavy atom. The molecule has 1 aromatic heterocycles. The van der Waals surface area contributed by atoms with Gasteiger partial charge in [0.25, 0.3) is 0 Å². The molecule has 1 aliphatic rings. The lowest BCUT2D eigenvalue weighted by Crippen LogP contribution is -2.21. The van der Waals surface area contributed by atoms with Gasteiger partial charge in [-0.15, -0.1) is 0 Å². The summed E-state index contributed by atoms with van der Waals surface area (Å²) in [7, 11) is 0. The van der Waals surface area contributed by atoms with Crippen molar-refractivity contribution in [3.8, 4) is 0 Å². The molecule has 1 aliphatic heterocycles. The van der Waals surface area contributed by atoms with Gasteiger partial charge in [0.1, 0.15) is 18.0 Å². The molecule has 2 aromatic rings. The normalized spacial score (nSPS) is 19.7. The summed E-state index contributed by atoms with van der Waals surface area (Å²) in [6.45, 7) is 1.09. The lowest BCUT2D eigenvalue weighted by atomic mass is 10.1. The van der Waals surface area contributed by atoms with Crippen LogP contribution in [0, 0.1) is 11.7 Å². The minimum Gasteiger partial charge on any atom is -0.356 e. The fourth-order valence-corrected chi connectivity index (χ4v) is 2.42. The van der Waals surface area contributed by atoms with E-state index in [-0.39, 0.29) is 18.4 Å². The molecule has 0 aliphatic carbocycles. The van der Waals surface area contributed by atoms with Crippen molar-refractivity contribution in [3.05, 3.63) is 30.3 Å². The minimum atomic E-state index is -0.312. The molecule has 94 valence electrons. The van der Waals surface area contributed by atoms with E-state index in [4.69, 9.17) is 0 Å². The van der Waals surface area contributed by atoms with Crippen LogP contribution in [0.4, 0.5) is 14.6 Å². The van der Waals surface area contributed by atoms with Gasteiger partial charge in [-0.25, -0.2) is 14.4 Å². The zero-order valence-corrected chi connectivity index (χ0v) is 9.81. The molecule has 3 rings (SSSR count). The van der Waals surface area contributed by atoms with Crippen LogP contribution < -0.4 is 4.90 Å². The SMILES string of the molecule is FCC1CCN(c2ncnc3ccc(F)cc23)C1. The first kappa shape index (κ1) is 11.3. The molecule has 1 saturated heterocycles. The highest BCUT2D eigenvalue weighted by Crippen LogP contribution is 2.28. The third kappa shape index (κ3) is 1.89. The summed E-state index contributed by atoms with van der Waals surface area (Å²) in [6.07, 6.45) is 2.29. The summed E-state index contributed by atoms with van der Waals surface area (Å²) in [5, 5.41) is 0.692. The lowest BCUT2D eigenvalue weighted by Gasteiger charge is -2.18. The fraction of sp³-hybridized carbons (Fsp3) is 0.385. The second-order valence-electron chi connectivity index (χ2n) is 4.61. The molecule has 0 saturated carbocycles. The molecular formula is C13H13F2N3. The van der Waals surface area contributed by atoms with Gasteiger partial charge in [-0.05, 0) is 24.6 Å². The Kier molecular flexibility index (Phi) is 2.81. The number of benzene rings is 1. The Balaban J connectivity index is 2.04. The highest BCUT2D eigenvalue weighted by atomic mass is 19.1. The number of alkyl halides is 1. The number of rotatable bonds is 2. The molecule has 1 atom stereocenters. The summed E-state index contributed by atoms with van der Waals surface area (Å²) in [5.74, 6) is 0.457. The third-order valence-electron chi connectivity index (χ3n) is 3.38. The van der Waals surface area contributed by atoms with E-state index in [0.717, 1.165) is 13.0 Å². The average molecular weight is 249 g/mol. The molecule has 5 heteroatoms. The average Bonchev–Trinajstić information content (AvgIpc) is 2.86. The van der Waals surface area contributed by atoms with Crippen LogP contribution in [0.3, 0.4) is 0 Å². The van der Waals surface area contributed by atoms with Gasteiger partial charge >= 0.3 is 0 Å². The van der Waals surface area contributed by atoms with Crippen molar-refractivity contribution in [1.29, 1.82) is 0 Å². The molecule has 0 N–H and O–H groups in total. The predicted molar refractivity (Wildman–Crippen MR) is 65.8 cm³/mol. The monoisotopic (exact) mass is 249 g/mol. The van der Waals surface area contributed by atoms with Gasteiger partial charge in [0.15, 0.2) is 0 Å². The third-order valence-corrected chi connectivity index (χ3v) is 3.38. The first-order chi connectivity index (χ1) is 8.78. The van der Waals surface area contributed by atoms with Crippen LogP contribution >= 0.6 is 0 Å². The summed E-state index contributed by atoms with van der Waals surface area (Å²) in [5.41, 5.74) is 0.713. The molecule has 0 bridgehead atoms. The number of hydrogen-bond acceptors (Lipinski definition) is 3. The maximum absolute atomic E-state index is 13.3. The van der Waals surface area contributed by atoms with Crippen LogP contribution in [0.2, 0.25) is 0 Å². The van der Waals surface area contributed by atoms with Crippen LogP contribution in [0.15, 0.2) is 24.5 Å². The number of anilines is 1. The molecule has 0 radical (unpaired) electrons. The number of fused-ring (bicyclic) bond motifs is 1. The van der Waals surface area contributed by atoms with Gasteiger partial charge < -0.3 is 4.90 Å². The van der Waals surface area contributed by atoms with E-state index in [1.807, 2.05) is 4.90 Å². The summed E-state index contributed by atoms with van der Waals surface area (Å²) in [6, 6.07) is 4.46. The van der Waals surface area contributed by atoms with E-state index in [0.29, 0.717) is 23.3 Å². The molecule has 0 spiro atoms. The van der Waals surface area contributed by atoms with E-state index in [1.54, 1.807) is 6.07 Å². The first-order valence-electron chi connectivity index (χ1n) is 5.99. The molecule has 3 nitrogen and oxygen atoms in total. The van der Waals surface area contributed by atoms with Crippen molar-refractivity contribution >= 4 is 16.7 Å². The maximum Gasteiger partial charge on any atom is 0.139 e. The van der Waals surface area contributed by atoms with Crippen LogP contribution in [-0.2, 0) is 0 Å². The Labute approximate surface area is 103 Å². The van der Waals surface area contributed by atoms with Crippen LogP contribution in [0.25, 0.3) is 10.9 Å². The number of hydrogen-bond donors (Lipinski definition) is 0. The van der Waals surface area contributed by atoms with Crippen molar-refractivity contribution in [2.24, 2.45) is 5.92 Å². The van der Waals surface area contributed by atoms with Gasteiger partial charge in [0.05, 0.1) is 12.2 Å². The molecular weight excluding hydrogens is 236 g/mol. The highest BCUT2D eigenvalue weighted by Gasteiger charge is 2.24. The van der Waals surface area contributed by atoms with Crippen molar-refractivity contribution in [2.75, 3.05) is 24.7 Å². The fourth-order valence-electron chi connectivity index (χ4n) is 2.42. The Bertz CT molecular complexity index is 573. The van der Waals surface area contributed by atoms with Gasteiger partial charge in [-0.3, -0.25) is 4.39 Å². The second kappa shape index (κ2) is 4.48. The zero-order valence-electron chi connectivity index (χ0n) is 9.81. The van der Waals surface area contributed by atoms with E-state index in [9.17, 15) is 8.78 Å². The predicted octanol–water partition coefficient (Wildman–Crippen LogP) is 2.56. The Morgan fingerprint density at radius 2 is 2.22 bits per heavy atom. The van der Waals surface area contributed by atoms with Crippen LogP contribution in [0.5, 0.6) is 0 Å². The van der Waals surface area contributed by atoms with Crippen molar-refractivity contribution in [1.82, 2.24) is 9.97 Å². The van der Waals surface area contributed by atoms with E-state index in [1.165, 1.54) is 18.5 Å². The molecule has 1 fully saturated rings. The van der Waals surface area contributed by atoms with Gasteiger partial charge in [-0.2, -0.15) is 0 Å². The quantitative estimate of drug-likeness (QED) is 0.819. The number of nitrogens with zero attached hydrogens (tertiary/aromatic N) is 3. The van der Waals surface area contributed by atoms with E-state index in [2.05, 4.69) is 9.97 Å². The van der Waals surface area contributed by atoms with Crippen molar-refractivity contribution in [3.63, 3.8) is 0 Å². The van der Waals surface area contributed by atoms with Crippen molar-refractivity contribution in [2.45, 2.75) is 6.42 Å². The smallest absolute Gasteiger partial charge is 0.139 e. The molecule has 18 heavy (non-hydrogen) atoms. The lowest BCUT2D eigenvalue weighted by molar-refractivity contribution is 0.385. The summed E-state index contributed by atoms with van der Waals surface area (Å²) >= 11 is 0. The Hall–Kier alpha value is -1.78. The summed E-state index contributed by atoms with van der Waals surface area (Å²) in [4.78, 5) is 10.3. The standard InChI is InChI=1S/C13H13F2N3/c14-6-9-3-4-18(7-9)13-11-5-10(15)1-2-12(11)16-8-17-13/h1-2,5,8-9H,3-4,6-7H2. The Morgan fingerprint density at radius 3 is 3.00 bits per heavy atom. The first-order valence-corrected chi connectivity index (χ1v) is 5.99.